The summed E-state index contributed by atoms with van der Waals surface area (Å²) in [6.45, 7) is 3.49. The number of amides is 1. The molecule has 0 spiro atoms. The molecule has 1 aliphatic rings. The van der Waals surface area contributed by atoms with Crippen LogP contribution >= 0.6 is 0 Å². The van der Waals surface area contributed by atoms with Crippen LogP contribution in [0.4, 0.5) is 0 Å². The number of esters is 1. The average Bonchev–Trinajstić information content (AvgIpc) is 2.98. The molecule has 144 valence electrons. The van der Waals surface area contributed by atoms with Gasteiger partial charge in [0.25, 0.3) is 5.91 Å². The van der Waals surface area contributed by atoms with Gasteiger partial charge in [-0.15, -0.1) is 0 Å². The Balaban J connectivity index is 1.77. The minimum atomic E-state index is -3.08. The van der Waals surface area contributed by atoms with Crippen LogP contribution in [-0.4, -0.2) is 62.5 Å². The van der Waals surface area contributed by atoms with E-state index in [1.807, 2.05) is 19.1 Å². The molecule has 1 atom stereocenters. The zero-order valence-corrected chi connectivity index (χ0v) is 16.0. The highest BCUT2D eigenvalue weighted by atomic mass is 32.2. The first-order chi connectivity index (χ1) is 12.3. The Bertz CT molecular complexity index is 729. The predicted octanol–water partition coefficient (Wildman–Crippen LogP) is 1.21. The molecule has 0 saturated carbocycles. The quantitative estimate of drug-likeness (QED) is 0.627. The Morgan fingerprint density at radius 2 is 1.85 bits per heavy atom. The largest absolute Gasteiger partial charge is 0.482 e. The molecule has 1 aromatic rings. The lowest BCUT2D eigenvalue weighted by Gasteiger charge is -2.26. The second-order valence-electron chi connectivity index (χ2n) is 6.18. The van der Waals surface area contributed by atoms with Crippen LogP contribution in [0.5, 0.6) is 5.75 Å². The highest BCUT2D eigenvalue weighted by molar-refractivity contribution is 7.91. The van der Waals surface area contributed by atoms with Crippen LogP contribution in [-0.2, 0) is 30.6 Å². The maximum Gasteiger partial charge on any atom is 0.344 e. The number of likely N-dealkylation sites (N-methyl/N-ethyl adjacent to an activating group) is 1. The van der Waals surface area contributed by atoms with E-state index in [-0.39, 0.29) is 24.2 Å². The molecular weight excluding hydrogens is 358 g/mol. The van der Waals surface area contributed by atoms with Crippen molar-refractivity contribution < 1.29 is 27.5 Å². The third-order valence-electron chi connectivity index (χ3n) is 4.36. The molecular formula is C18H25NO6S. The topological polar surface area (TPSA) is 90.0 Å². The smallest absolute Gasteiger partial charge is 0.344 e. The van der Waals surface area contributed by atoms with E-state index in [4.69, 9.17) is 9.47 Å². The van der Waals surface area contributed by atoms with E-state index in [0.29, 0.717) is 18.7 Å². The summed E-state index contributed by atoms with van der Waals surface area (Å²) in [6, 6.07) is 7.04. The number of ether oxygens (including phenoxy) is 2. The zero-order chi connectivity index (χ0) is 19.2. The van der Waals surface area contributed by atoms with E-state index in [1.54, 1.807) is 19.1 Å². The minimum absolute atomic E-state index is 0.0304. The number of benzene rings is 1. The Hall–Kier alpha value is -2.09. The van der Waals surface area contributed by atoms with Gasteiger partial charge < -0.3 is 14.4 Å². The molecule has 0 aromatic heterocycles. The van der Waals surface area contributed by atoms with Gasteiger partial charge in [0.05, 0.1) is 11.5 Å². The first-order valence-corrected chi connectivity index (χ1v) is 10.5. The fourth-order valence-electron chi connectivity index (χ4n) is 2.89. The van der Waals surface area contributed by atoms with Crippen molar-refractivity contribution in [2.75, 3.05) is 31.3 Å². The molecule has 1 heterocycles. The van der Waals surface area contributed by atoms with Crippen LogP contribution in [0.15, 0.2) is 24.3 Å². The van der Waals surface area contributed by atoms with Gasteiger partial charge in [0, 0.05) is 12.6 Å². The number of carbonyl (C=O) groups excluding carboxylic acids is 2. The summed E-state index contributed by atoms with van der Waals surface area (Å²) in [5.41, 5.74) is 1.17. The van der Waals surface area contributed by atoms with Crippen molar-refractivity contribution in [3.8, 4) is 5.75 Å². The molecule has 0 aliphatic carbocycles. The summed E-state index contributed by atoms with van der Waals surface area (Å²) in [6.07, 6.45) is 1.34. The van der Waals surface area contributed by atoms with Crippen molar-refractivity contribution in [2.24, 2.45) is 0 Å². The van der Waals surface area contributed by atoms with E-state index in [1.165, 1.54) is 10.5 Å². The van der Waals surface area contributed by atoms with Crippen LogP contribution < -0.4 is 4.74 Å². The van der Waals surface area contributed by atoms with Crippen LogP contribution in [0.2, 0.25) is 0 Å². The minimum Gasteiger partial charge on any atom is -0.482 e. The fourth-order valence-corrected chi connectivity index (χ4v) is 4.62. The van der Waals surface area contributed by atoms with Gasteiger partial charge in [-0.3, -0.25) is 4.79 Å². The molecule has 2 rings (SSSR count). The summed E-state index contributed by atoms with van der Waals surface area (Å²) < 4.78 is 33.4. The Morgan fingerprint density at radius 1 is 1.15 bits per heavy atom. The first kappa shape index (κ1) is 20.2. The van der Waals surface area contributed by atoms with Gasteiger partial charge in [0.15, 0.2) is 23.1 Å². The molecule has 0 N–H and O–H groups in total. The summed E-state index contributed by atoms with van der Waals surface area (Å²) in [5, 5.41) is 0. The predicted molar refractivity (Wildman–Crippen MR) is 96.7 cm³/mol. The van der Waals surface area contributed by atoms with E-state index in [0.717, 1.165) is 6.42 Å². The molecule has 8 heteroatoms. The van der Waals surface area contributed by atoms with Crippen molar-refractivity contribution in [3.63, 3.8) is 0 Å². The van der Waals surface area contributed by atoms with Crippen LogP contribution in [0.1, 0.15) is 25.8 Å². The zero-order valence-electron chi connectivity index (χ0n) is 15.1. The third kappa shape index (κ3) is 5.72. The molecule has 1 saturated heterocycles. The average molecular weight is 383 g/mol. The summed E-state index contributed by atoms with van der Waals surface area (Å²) in [7, 11) is -3.08. The van der Waals surface area contributed by atoms with Crippen molar-refractivity contribution in [2.45, 2.75) is 32.7 Å². The van der Waals surface area contributed by atoms with Gasteiger partial charge in [-0.05, 0) is 37.5 Å². The Labute approximate surface area is 154 Å². The maximum atomic E-state index is 12.2. The molecule has 0 bridgehead atoms. The second kappa shape index (κ2) is 9.02. The SMILES string of the molecule is CCc1ccc(OCC(=O)OCC(=O)N(CC)C2CCS(=O)(=O)C2)cc1. The molecule has 0 radical (unpaired) electrons. The number of hydrogen-bond donors (Lipinski definition) is 0. The van der Waals surface area contributed by atoms with E-state index >= 15 is 0 Å². The van der Waals surface area contributed by atoms with Crippen molar-refractivity contribution in [1.82, 2.24) is 4.90 Å². The lowest BCUT2D eigenvalue weighted by Crippen LogP contribution is -2.43. The second-order valence-corrected chi connectivity index (χ2v) is 8.41. The number of sulfone groups is 1. The highest BCUT2D eigenvalue weighted by Crippen LogP contribution is 2.18. The van der Waals surface area contributed by atoms with Gasteiger partial charge in [0.2, 0.25) is 0 Å². The van der Waals surface area contributed by atoms with E-state index < -0.39 is 28.3 Å². The molecule has 7 nitrogen and oxygen atoms in total. The normalized spacial score (nSPS) is 18.3. The summed E-state index contributed by atoms with van der Waals surface area (Å²) >= 11 is 0. The van der Waals surface area contributed by atoms with Crippen LogP contribution in [0.3, 0.4) is 0 Å². The van der Waals surface area contributed by atoms with Crippen molar-refractivity contribution in [1.29, 1.82) is 0 Å². The monoisotopic (exact) mass is 383 g/mol. The fraction of sp³-hybridized carbons (Fsp3) is 0.556. The highest BCUT2D eigenvalue weighted by Gasteiger charge is 2.34. The molecule has 1 fully saturated rings. The summed E-state index contributed by atoms with van der Waals surface area (Å²) in [4.78, 5) is 25.5. The van der Waals surface area contributed by atoms with Gasteiger partial charge in [0.1, 0.15) is 5.75 Å². The standard InChI is InChI=1S/C18H25NO6S/c1-3-14-5-7-16(8-6-14)24-12-18(21)25-11-17(20)19(4-2)15-9-10-26(22,23)13-15/h5-8,15H,3-4,9-13H2,1-2H3. The molecule has 1 amide bonds. The summed E-state index contributed by atoms with van der Waals surface area (Å²) in [5.74, 6) is -0.427. The maximum absolute atomic E-state index is 12.2. The molecule has 26 heavy (non-hydrogen) atoms. The molecule has 1 aliphatic heterocycles. The Kier molecular flexibility index (Phi) is 7.02. The van der Waals surface area contributed by atoms with E-state index in [2.05, 4.69) is 0 Å². The lowest BCUT2D eigenvalue weighted by atomic mass is 10.2. The number of carbonyl (C=O) groups is 2. The molecule has 1 aromatic carbocycles. The Morgan fingerprint density at radius 3 is 2.38 bits per heavy atom. The van der Waals surface area contributed by atoms with Gasteiger partial charge in [-0.2, -0.15) is 0 Å². The van der Waals surface area contributed by atoms with Gasteiger partial charge >= 0.3 is 5.97 Å². The van der Waals surface area contributed by atoms with Crippen LogP contribution in [0.25, 0.3) is 0 Å². The number of hydrogen-bond acceptors (Lipinski definition) is 6. The number of rotatable bonds is 8. The molecule has 1 unspecified atom stereocenters. The number of nitrogens with zero attached hydrogens (tertiary/aromatic N) is 1. The van der Waals surface area contributed by atoms with Crippen molar-refractivity contribution >= 4 is 21.7 Å². The van der Waals surface area contributed by atoms with E-state index in [9.17, 15) is 18.0 Å². The number of aryl methyl sites for hydroxylation is 1. The van der Waals surface area contributed by atoms with Gasteiger partial charge in [-0.1, -0.05) is 19.1 Å². The van der Waals surface area contributed by atoms with Gasteiger partial charge in [-0.25, -0.2) is 13.2 Å². The first-order valence-electron chi connectivity index (χ1n) is 8.72. The van der Waals surface area contributed by atoms with Crippen LogP contribution in [0, 0.1) is 0 Å². The lowest BCUT2D eigenvalue weighted by molar-refractivity contribution is -0.154. The third-order valence-corrected chi connectivity index (χ3v) is 6.11. The van der Waals surface area contributed by atoms with Crippen molar-refractivity contribution in [3.05, 3.63) is 29.8 Å².